The van der Waals surface area contributed by atoms with Gasteiger partial charge in [0.1, 0.15) is 0 Å². The third-order valence-corrected chi connectivity index (χ3v) is 2.79. The fourth-order valence-electron chi connectivity index (χ4n) is 1.60. The molecule has 0 aromatic heterocycles. The average Bonchev–Trinajstić information content (AvgIpc) is 2.47. The average molecular weight is 269 g/mol. The summed E-state index contributed by atoms with van der Waals surface area (Å²) in [5.74, 6) is 5.20. The molecule has 0 aliphatic rings. The van der Waals surface area contributed by atoms with Crippen molar-refractivity contribution in [2.75, 3.05) is 5.32 Å². The van der Waals surface area contributed by atoms with Gasteiger partial charge in [0.2, 0.25) is 0 Å². The summed E-state index contributed by atoms with van der Waals surface area (Å²) >= 11 is 4.92. The van der Waals surface area contributed by atoms with Crippen LogP contribution in [0, 0.1) is 0 Å². The molecule has 0 amide bonds. The number of anilines is 1. The van der Waals surface area contributed by atoms with Crippen molar-refractivity contribution >= 4 is 35.2 Å². The molecule has 3 nitrogen and oxygen atoms in total. The van der Waals surface area contributed by atoms with Gasteiger partial charge in [0.05, 0.1) is 0 Å². The molecule has 4 N–H and O–H groups in total. The number of hydrogen-bond donors (Lipinski definition) is 3. The Bertz CT molecular complexity index is 562. The fourth-order valence-corrected chi connectivity index (χ4v) is 1.72. The summed E-state index contributed by atoms with van der Waals surface area (Å²) in [7, 11) is 0. The minimum Gasteiger partial charge on any atom is -0.332 e. The molecule has 0 saturated heterocycles. The van der Waals surface area contributed by atoms with Gasteiger partial charge in [-0.25, -0.2) is 5.84 Å². The lowest BCUT2D eigenvalue weighted by molar-refractivity contribution is 1.04. The molecule has 4 heteroatoms. The zero-order valence-electron chi connectivity index (χ0n) is 10.3. The van der Waals surface area contributed by atoms with E-state index < -0.39 is 0 Å². The van der Waals surface area contributed by atoms with Gasteiger partial charge in [-0.1, -0.05) is 54.6 Å². The van der Waals surface area contributed by atoms with Crippen molar-refractivity contribution in [3.8, 4) is 0 Å². The van der Waals surface area contributed by atoms with Crippen molar-refractivity contribution in [2.24, 2.45) is 5.84 Å². The molecule has 0 radical (unpaired) electrons. The second-order valence-corrected chi connectivity index (χ2v) is 4.37. The van der Waals surface area contributed by atoms with Crippen molar-refractivity contribution < 1.29 is 0 Å². The molecule has 0 fully saturated rings. The summed E-state index contributed by atoms with van der Waals surface area (Å²) in [5, 5.41) is 3.36. The van der Waals surface area contributed by atoms with Gasteiger partial charge in [0, 0.05) is 5.69 Å². The number of thiocarbonyl (C=S) groups is 1. The Kier molecular flexibility index (Phi) is 4.66. The van der Waals surface area contributed by atoms with Crippen LogP contribution in [-0.4, -0.2) is 5.11 Å². The summed E-state index contributed by atoms with van der Waals surface area (Å²) in [6, 6.07) is 18.1. The van der Waals surface area contributed by atoms with Crippen molar-refractivity contribution in [3.63, 3.8) is 0 Å². The van der Waals surface area contributed by atoms with Crippen LogP contribution in [0.5, 0.6) is 0 Å². The van der Waals surface area contributed by atoms with Crippen LogP contribution in [0.4, 0.5) is 5.69 Å². The van der Waals surface area contributed by atoms with Gasteiger partial charge in [-0.15, -0.1) is 0 Å². The van der Waals surface area contributed by atoms with Gasteiger partial charge in [-0.2, -0.15) is 0 Å². The largest absolute Gasteiger partial charge is 0.332 e. The van der Waals surface area contributed by atoms with E-state index in [2.05, 4.69) is 35.0 Å². The molecule has 0 aliphatic carbocycles. The Balaban J connectivity index is 2.03. The number of hydrazine groups is 1. The molecule has 2 aromatic rings. The van der Waals surface area contributed by atoms with Gasteiger partial charge in [-0.05, 0) is 35.5 Å². The van der Waals surface area contributed by atoms with Crippen LogP contribution in [0.3, 0.4) is 0 Å². The number of benzene rings is 2. The van der Waals surface area contributed by atoms with Crippen molar-refractivity contribution in [1.82, 2.24) is 5.43 Å². The lowest BCUT2D eigenvalue weighted by atomic mass is 10.1. The fraction of sp³-hybridized carbons (Fsp3) is 0. The first-order chi connectivity index (χ1) is 9.28. The molecule has 0 aliphatic heterocycles. The Morgan fingerprint density at radius 2 is 1.47 bits per heavy atom. The van der Waals surface area contributed by atoms with Crippen LogP contribution >= 0.6 is 12.2 Å². The van der Waals surface area contributed by atoms with Crippen LogP contribution in [0.1, 0.15) is 11.1 Å². The van der Waals surface area contributed by atoms with Crippen LogP contribution in [0.15, 0.2) is 54.6 Å². The summed E-state index contributed by atoms with van der Waals surface area (Å²) in [4.78, 5) is 0. The predicted octanol–water partition coefficient (Wildman–Crippen LogP) is 3.02. The molecule has 96 valence electrons. The Hall–Kier alpha value is -2.17. The third-order valence-electron chi connectivity index (χ3n) is 2.57. The van der Waals surface area contributed by atoms with E-state index >= 15 is 0 Å². The highest BCUT2D eigenvalue weighted by Gasteiger charge is 1.94. The quantitative estimate of drug-likeness (QED) is 0.347. The van der Waals surface area contributed by atoms with Crippen molar-refractivity contribution in [2.45, 2.75) is 0 Å². The summed E-state index contributed by atoms with van der Waals surface area (Å²) < 4.78 is 0. The van der Waals surface area contributed by atoms with Gasteiger partial charge in [-0.3, -0.25) is 0 Å². The number of nitrogens with two attached hydrogens (primary N) is 1. The second-order valence-electron chi connectivity index (χ2n) is 3.96. The molecule has 0 saturated carbocycles. The third kappa shape index (κ3) is 4.21. The van der Waals surface area contributed by atoms with E-state index in [4.69, 9.17) is 18.1 Å². The monoisotopic (exact) mass is 269 g/mol. The summed E-state index contributed by atoms with van der Waals surface area (Å²) in [6.07, 6.45) is 4.15. The lowest BCUT2D eigenvalue weighted by Gasteiger charge is -2.06. The van der Waals surface area contributed by atoms with Crippen LogP contribution in [0.25, 0.3) is 12.2 Å². The molecule has 2 rings (SSSR count). The molecular formula is C15H15N3S. The molecule has 0 atom stereocenters. The maximum atomic E-state index is 5.20. The van der Waals surface area contributed by atoms with Crippen LogP contribution < -0.4 is 16.6 Å². The van der Waals surface area contributed by atoms with Crippen LogP contribution in [0.2, 0.25) is 0 Å². The van der Waals surface area contributed by atoms with E-state index in [1.807, 2.05) is 42.5 Å². The smallest absolute Gasteiger partial charge is 0.185 e. The zero-order chi connectivity index (χ0) is 13.5. The lowest BCUT2D eigenvalue weighted by Crippen LogP contribution is -2.34. The summed E-state index contributed by atoms with van der Waals surface area (Å²) in [5.41, 5.74) is 5.59. The van der Waals surface area contributed by atoms with Gasteiger partial charge in [0.15, 0.2) is 5.11 Å². The number of hydrogen-bond acceptors (Lipinski definition) is 2. The van der Waals surface area contributed by atoms with Gasteiger partial charge < -0.3 is 10.7 Å². The van der Waals surface area contributed by atoms with E-state index in [0.29, 0.717) is 5.11 Å². The first-order valence-electron chi connectivity index (χ1n) is 5.89. The SMILES string of the molecule is NNC(=S)Nc1ccc(/C=C/c2ccccc2)cc1. The zero-order valence-corrected chi connectivity index (χ0v) is 11.2. The minimum absolute atomic E-state index is 0.396. The van der Waals surface area contributed by atoms with Crippen molar-refractivity contribution in [1.29, 1.82) is 0 Å². The number of nitrogens with one attached hydrogen (secondary N) is 2. The first kappa shape index (κ1) is 13.3. The number of rotatable bonds is 3. The van der Waals surface area contributed by atoms with Gasteiger partial charge >= 0.3 is 0 Å². The Morgan fingerprint density at radius 1 is 0.895 bits per heavy atom. The highest BCUT2D eigenvalue weighted by atomic mass is 32.1. The molecule has 0 spiro atoms. The summed E-state index contributed by atoms with van der Waals surface area (Å²) in [6.45, 7) is 0. The van der Waals surface area contributed by atoms with E-state index in [1.165, 1.54) is 5.56 Å². The second kappa shape index (κ2) is 6.68. The maximum Gasteiger partial charge on any atom is 0.185 e. The predicted molar refractivity (Wildman–Crippen MR) is 85.4 cm³/mol. The Labute approximate surface area is 118 Å². The maximum absolute atomic E-state index is 5.20. The molecule has 0 bridgehead atoms. The molecular weight excluding hydrogens is 254 g/mol. The van der Waals surface area contributed by atoms with Gasteiger partial charge in [0.25, 0.3) is 0 Å². The standard InChI is InChI=1S/C15H15N3S/c16-18-15(19)17-14-10-8-13(9-11-14)7-6-12-4-2-1-3-5-12/h1-11H,16H2,(H2,17,18,19)/b7-6+. The normalized spacial score (nSPS) is 10.4. The van der Waals surface area contributed by atoms with Crippen LogP contribution in [-0.2, 0) is 0 Å². The first-order valence-corrected chi connectivity index (χ1v) is 6.29. The minimum atomic E-state index is 0.396. The topological polar surface area (TPSA) is 50.1 Å². The molecule has 19 heavy (non-hydrogen) atoms. The molecule has 0 unspecified atom stereocenters. The van der Waals surface area contributed by atoms with E-state index in [-0.39, 0.29) is 0 Å². The highest BCUT2D eigenvalue weighted by Crippen LogP contribution is 2.12. The molecule has 2 aromatic carbocycles. The molecule has 0 heterocycles. The Morgan fingerprint density at radius 3 is 2.05 bits per heavy atom. The van der Waals surface area contributed by atoms with E-state index in [1.54, 1.807) is 0 Å². The van der Waals surface area contributed by atoms with Crippen molar-refractivity contribution in [3.05, 3.63) is 65.7 Å². The highest BCUT2D eigenvalue weighted by molar-refractivity contribution is 7.80. The van der Waals surface area contributed by atoms with E-state index in [0.717, 1.165) is 11.3 Å². The van der Waals surface area contributed by atoms with E-state index in [9.17, 15) is 0 Å².